The van der Waals surface area contributed by atoms with Gasteiger partial charge in [-0.25, -0.2) is 9.18 Å². The number of phenols is 1. The van der Waals surface area contributed by atoms with E-state index in [2.05, 4.69) is 26.6 Å². The molecule has 104 valence electrons. The molecule has 0 bridgehead atoms. The number of amides is 2. The van der Waals surface area contributed by atoms with Crippen LogP contribution < -0.4 is 10.6 Å². The van der Waals surface area contributed by atoms with Gasteiger partial charge in [-0.3, -0.25) is 0 Å². The van der Waals surface area contributed by atoms with Crippen LogP contribution in [0.25, 0.3) is 0 Å². The highest BCUT2D eigenvalue weighted by atomic mass is 79.9. The Hall–Kier alpha value is -1.30. The largest absolute Gasteiger partial charge is 0.503 e. The summed E-state index contributed by atoms with van der Waals surface area (Å²) >= 11 is 3.11. The molecule has 2 rings (SSSR count). The van der Waals surface area contributed by atoms with Crippen LogP contribution in [-0.4, -0.2) is 17.2 Å². The van der Waals surface area contributed by atoms with Crippen LogP contribution in [0.2, 0.25) is 0 Å². The van der Waals surface area contributed by atoms with Crippen molar-refractivity contribution in [2.45, 2.75) is 38.1 Å². The minimum atomic E-state index is -0.776. The third-order valence-electron chi connectivity index (χ3n) is 3.22. The second kappa shape index (κ2) is 6.23. The number of nitrogens with one attached hydrogen (secondary N) is 2. The molecule has 0 heterocycles. The van der Waals surface area contributed by atoms with Crippen LogP contribution in [0.5, 0.6) is 5.75 Å². The summed E-state index contributed by atoms with van der Waals surface area (Å²) in [5.74, 6) is -1.33. The maximum Gasteiger partial charge on any atom is 0.319 e. The fraction of sp³-hybridized carbons (Fsp3) is 0.462. The SMILES string of the molecule is O=C(Nc1cc(Br)cc(F)c1O)NC1CCCCC1. The molecule has 1 saturated carbocycles. The second-order valence-electron chi connectivity index (χ2n) is 4.72. The summed E-state index contributed by atoms with van der Waals surface area (Å²) in [4.78, 5) is 11.8. The van der Waals surface area contributed by atoms with Gasteiger partial charge in [0.25, 0.3) is 0 Å². The number of carbonyl (C=O) groups excluding carboxylic acids is 1. The standard InChI is InChI=1S/C13H16BrFN2O2/c14-8-6-10(15)12(18)11(7-8)17-13(19)16-9-4-2-1-3-5-9/h6-7,9,18H,1-5H2,(H2,16,17,19). The Bertz CT molecular complexity index is 476. The molecule has 3 N–H and O–H groups in total. The number of halogens is 2. The first-order valence-corrected chi connectivity index (χ1v) is 7.11. The molecule has 0 spiro atoms. The minimum absolute atomic E-state index is 0.0557. The fourth-order valence-corrected chi connectivity index (χ4v) is 2.68. The molecular weight excluding hydrogens is 315 g/mol. The summed E-state index contributed by atoms with van der Waals surface area (Å²) in [5, 5.41) is 14.8. The molecule has 1 aromatic rings. The first-order valence-electron chi connectivity index (χ1n) is 6.32. The fourth-order valence-electron chi connectivity index (χ4n) is 2.25. The van der Waals surface area contributed by atoms with Crippen molar-refractivity contribution in [1.82, 2.24) is 5.32 Å². The molecule has 1 aliphatic rings. The zero-order valence-corrected chi connectivity index (χ0v) is 12.0. The van der Waals surface area contributed by atoms with Gasteiger partial charge >= 0.3 is 6.03 Å². The van der Waals surface area contributed by atoms with Crippen molar-refractivity contribution in [3.63, 3.8) is 0 Å². The molecule has 0 aromatic heterocycles. The van der Waals surface area contributed by atoms with E-state index in [1.54, 1.807) is 0 Å². The van der Waals surface area contributed by atoms with E-state index in [9.17, 15) is 14.3 Å². The Morgan fingerprint density at radius 1 is 1.32 bits per heavy atom. The smallest absolute Gasteiger partial charge is 0.319 e. The number of anilines is 1. The van der Waals surface area contributed by atoms with Crippen LogP contribution >= 0.6 is 15.9 Å². The molecule has 1 aromatic carbocycles. The van der Waals surface area contributed by atoms with Gasteiger partial charge in [0, 0.05) is 10.5 Å². The maximum atomic E-state index is 13.3. The average Bonchev–Trinajstić information content (AvgIpc) is 2.36. The van der Waals surface area contributed by atoms with Crippen LogP contribution in [0.15, 0.2) is 16.6 Å². The molecular formula is C13H16BrFN2O2. The van der Waals surface area contributed by atoms with Gasteiger partial charge in [-0.2, -0.15) is 0 Å². The Morgan fingerprint density at radius 2 is 2.00 bits per heavy atom. The molecule has 0 aliphatic heterocycles. The summed E-state index contributed by atoms with van der Waals surface area (Å²) in [6.45, 7) is 0. The molecule has 19 heavy (non-hydrogen) atoms. The predicted octanol–water partition coefficient (Wildman–Crippen LogP) is 3.75. The first kappa shape index (κ1) is 14.1. The minimum Gasteiger partial charge on any atom is -0.503 e. The van der Waals surface area contributed by atoms with E-state index in [-0.39, 0.29) is 11.7 Å². The topological polar surface area (TPSA) is 61.4 Å². The molecule has 0 radical (unpaired) electrons. The molecule has 0 unspecified atom stereocenters. The third kappa shape index (κ3) is 3.83. The molecule has 2 amide bonds. The first-order chi connectivity index (χ1) is 9.06. The summed E-state index contributed by atoms with van der Waals surface area (Å²) < 4.78 is 13.8. The molecule has 6 heteroatoms. The average molecular weight is 331 g/mol. The van der Waals surface area contributed by atoms with Crippen molar-refractivity contribution >= 4 is 27.6 Å². The van der Waals surface area contributed by atoms with Crippen molar-refractivity contribution < 1.29 is 14.3 Å². The molecule has 1 fully saturated rings. The number of phenolic OH excluding ortho intramolecular Hbond substituents is 1. The highest BCUT2D eigenvalue weighted by molar-refractivity contribution is 9.10. The van der Waals surface area contributed by atoms with Crippen molar-refractivity contribution in [2.24, 2.45) is 0 Å². The summed E-state index contributed by atoms with van der Waals surface area (Å²) in [6, 6.07) is 2.34. The molecule has 0 atom stereocenters. The number of hydrogen-bond acceptors (Lipinski definition) is 2. The summed E-state index contributed by atoms with van der Waals surface area (Å²) in [7, 11) is 0. The molecule has 0 saturated heterocycles. The van der Waals surface area contributed by atoms with Gasteiger partial charge in [0.2, 0.25) is 0 Å². The van der Waals surface area contributed by atoms with Crippen molar-refractivity contribution in [1.29, 1.82) is 0 Å². The van der Waals surface area contributed by atoms with Crippen molar-refractivity contribution in [3.05, 3.63) is 22.4 Å². The summed E-state index contributed by atoms with van der Waals surface area (Å²) in [6.07, 6.45) is 5.36. The van der Waals surface area contributed by atoms with E-state index in [1.807, 2.05) is 0 Å². The Morgan fingerprint density at radius 3 is 2.68 bits per heavy atom. The monoisotopic (exact) mass is 330 g/mol. The lowest BCUT2D eigenvalue weighted by Gasteiger charge is -2.23. The van der Waals surface area contributed by atoms with Gasteiger partial charge in [0.1, 0.15) is 0 Å². The van der Waals surface area contributed by atoms with E-state index >= 15 is 0 Å². The number of urea groups is 1. The predicted molar refractivity (Wildman–Crippen MR) is 74.8 cm³/mol. The highest BCUT2D eigenvalue weighted by Crippen LogP contribution is 2.30. The lowest BCUT2D eigenvalue weighted by Crippen LogP contribution is -2.39. The number of hydrogen-bond donors (Lipinski definition) is 3. The van der Waals surface area contributed by atoms with Crippen LogP contribution in [0, 0.1) is 5.82 Å². The van der Waals surface area contributed by atoms with E-state index in [0.29, 0.717) is 4.47 Å². The van der Waals surface area contributed by atoms with Crippen LogP contribution in [0.3, 0.4) is 0 Å². The Kier molecular flexibility index (Phi) is 4.63. The Labute approximate surface area is 119 Å². The molecule has 4 nitrogen and oxygen atoms in total. The van der Waals surface area contributed by atoms with E-state index in [4.69, 9.17) is 0 Å². The highest BCUT2D eigenvalue weighted by Gasteiger charge is 2.17. The van der Waals surface area contributed by atoms with Crippen LogP contribution in [0.1, 0.15) is 32.1 Å². The summed E-state index contributed by atoms with van der Waals surface area (Å²) in [5.41, 5.74) is 0.0557. The Balaban J connectivity index is 1.98. The van der Waals surface area contributed by atoms with E-state index in [0.717, 1.165) is 31.7 Å². The van der Waals surface area contributed by atoms with Crippen LogP contribution in [-0.2, 0) is 0 Å². The molecule has 1 aliphatic carbocycles. The van der Waals surface area contributed by atoms with Crippen LogP contribution in [0.4, 0.5) is 14.9 Å². The third-order valence-corrected chi connectivity index (χ3v) is 3.67. The van der Waals surface area contributed by atoms with Gasteiger partial charge in [0.15, 0.2) is 11.6 Å². The van der Waals surface area contributed by atoms with Gasteiger partial charge in [0.05, 0.1) is 5.69 Å². The van der Waals surface area contributed by atoms with Gasteiger partial charge in [-0.15, -0.1) is 0 Å². The van der Waals surface area contributed by atoms with Crippen molar-refractivity contribution in [2.75, 3.05) is 5.32 Å². The van der Waals surface area contributed by atoms with Crippen molar-refractivity contribution in [3.8, 4) is 5.75 Å². The zero-order valence-electron chi connectivity index (χ0n) is 10.4. The normalized spacial score (nSPS) is 16.1. The number of benzene rings is 1. The maximum absolute atomic E-state index is 13.3. The second-order valence-corrected chi connectivity index (χ2v) is 5.63. The number of carbonyl (C=O) groups is 1. The van der Waals surface area contributed by atoms with Gasteiger partial charge < -0.3 is 15.7 Å². The van der Waals surface area contributed by atoms with E-state index < -0.39 is 17.6 Å². The lowest BCUT2D eigenvalue weighted by atomic mass is 9.96. The lowest BCUT2D eigenvalue weighted by molar-refractivity contribution is 0.244. The number of aromatic hydroxyl groups is 1. The van der Waals surface area contributed by atoms with Gasteiger partial charge in [-0.1, -0.05) is 35.2 Å². The zero-order chi connectivity index (χ0) is 13.8. The van der Waals surface area contributed by atoms with E-state index in [1.165, 1.54) is 12.5 Å². The van der Waals surface area contributed by atoms with Gasteiger partial charge in [-0.05, 0) is 25.0 Å². The number of rotatable bonds is 2. The quantitative estimate of drug-likeness (QED) is 0.723.